The van der Waals surface area contributed by atoms with Gasteiger partial charge < -0.3 is 0 Å². The SMILES string of the molecule is O=C(CN1CCN(S(=O)(=O)Cc2ccc(Cl)cc2Cl)CC1)c1ccccc1. The van der Waals surface area contributed by atoms with Crippen LogP contribution < -0.4 is 0 Å². The third-order valence-electron chi connectivity index (χ3n) is 4.54. The van der Waals surface area contributed by atoms with Crippen molar-refractivity contribution in [2.45, 2.75) is 5.75 Å². The number of rotatable bonds is 6. The second-order valence-corrected chi connectivity index (χ2v) is 9.27. The van der Waals surface area contributed by atoms with Crippen molar-refractivity contribution >= 4 is 39.0 Å². The Morgan fingerprint density at radius 1 is 0.963 bits per heavy atom. The van der Waals surface area contributed by atoms with Crippen LogP contribution in [0.5, 0.6) is 0 Å². The maximum absolute atomic E-state index is 12.7. The number of halogens is 2. The van der Waals surface area contributed by atoms with Crippen molar-refractivity contribution in [3.8, 4) is 0 Å². The number of benzene rings is 2. The van der Waals surface area contributed by atoms with Crippen LogP contribution in [0.4, 0.5) is 0 Å². The molecule has 8 heteroatoms. The monoisotopic (exact) mass is 426 g/mol. The molecule has 0 radical (unpaired) electrons. The van der Waals surface area contributed by atoms with Crippen LogP contribution in [0.2, 0.25) is 10.0 Å². The number of Topliss-reactive ketones (excluding diaryl/α,β-unsaturated/α-hetero) is 1. The topological polar surface area (TPSA) is 57.7 Å². The van der Waals surface area contributed by atoms with Crippen molar-refractivity contribution in [1.82, 2.24) is 9.21 Å². The van der Waals surface area contributed by atoms with E-state index in [0.717, 1.165) is 0 Å². The molecule has 1 saturated heterocycles. The van der Waals surface area contributed by atoms with Gasteiger partial charge in [-0.25, -0.2) is 8.42 Å². The first kappa shape index (κ1) is 20.3. The van der Waals surface area contributed by atoms with E-state index in [1.165, 1.54) is 4.31 Å². The van der Waals surface area contributed by atoms with Gasteiger partial charge in [-0.05, 0) is 17.7 Å². The maximum Gasteiger partial charge on any atom is 0.218 e. The molecule has 1 aliphatic heterocycles. The van der Waals surface area contributed by atoms with Crippen LogP contribution in [-0.4, -0.2) is 56.1 Å². The van der Waals surface area contributed by atoms with E-state index >= 15 is 0 Å². The molecule has 1 aliphatic rings. The molecule has 27 heavy (non-hydrogen) atoms. The fourth-order valence-corrected chi connectivity index (χ4v) is 5.11. The summed E-state index contributed by atoms with van der Waals surface area (Å²) < 4.78 is 26.8. The standard InChI is InChI=1S/C19H20Cl2N2O3S/c20-17-7-6-16(18(21)12-17)14-27(25,26)23-10-8-22(9-11-23)13-19(24)15-4-2-1-3-5-15/h1-7,12H,8-11,13-14H2. The van der Waals surface area contributed by atoms with E-state index in [2.05, 4.69) is 0 Å². The highest BCUT2D eigenvalue weighted by molar-refractivity contribution is 7.88. The molecule has 0 aliphatic carbocycles. The molecule has 1 fully saturated rings. The van der Waals surface area contributed by atoms with Gasteiger partial charge in [-0.1, -0.05) is 59.6 Å². The number of hydrogen-bond acceptors (Lipinski definition) is 4. The largest absolute Gasteiger partial charge is 0.293 e. The number of sulfonamides is 1. The zero-order valence-corrected chi connectivity index (χ0v) is 17.0. The summed E-state index contributed by atoms with van der Waals surface area (Å²) in [7, 11) is -3.48. The smallest absolute Gasteiger partial charge is 0.218 e. The molecule has 5 nitrogen and oxygen atoms in total. The van der Waals surface area contributed by atoms with Crippen molar-refractivity contribution in [3.63, 3.8) is 0 Å². The Balaban J connectivity index is 1.57. The Hall–Kier alpha value is -1.44. The summed E-state index contributed by atoms with van der Waals surface area (Å²) >= 11 is 12.0. The Morgan fingerprint density at radius 3 is 2.26 bits per heavy atom. The van der Waals surface area contributed by atoms with Crippen molar-refractivity contribution in [1.29, 1.82) is 0 Å². The number of ketones is 1. The van der Waals surface area contributed by atoms with E-state index in [0.29, 0.717) is 53.9 Å². The van der Waals surface area contributed by atoms with Gasteiger partial charge in [-0.2, -0.15) is 4.31 Å². The third kappa shape index (κ3) is 5.30. The zero-order valence-electron chi connectivity index (χ0n) is 14.6. The van der Waals surface area contributed by atoms with Gasteiger partial charge >= 0.3 is 0 Å². The molecule has 0 N–H and O–H groups in total. The van der Waals surface area contributed by atoms with Crippen LogP contribution in [0.1, 0.15) is 15.9 Å². The molecular formula is C19H20Cl2N2O3S. The second-order valence-electron chi connectivity index (χ2n) is 6.46. The van der Waals surface area contributed by atoms with Gasteiger partial charge in [0.1, 0.15) is 0 Å². The molecule has 0 unspecified atom stereocenters. The molecule has 144 valence electrons. The van der Waals surface area contributed by atoms with Gasteiger partial charge in [0.2, 0.25) is 10.0 Å². The third-order valence-corrected chi connectivity index (χ3v) is 6.96. The van der Waals surface area contributed by atoms with Crippen LogP contribution in [0.25, 0.3) is 0 Å². The van der Waals surface area contributed by atoms with Gasteiger partial charge in [-0.15, -0.1) is 0 Å². The van der Waals surface area contributed by atoms with Gasteiger partial charge in [-0.3, -0.25) is 9.69 Å². The summed E-state index contributed by atoms with van der Waals surface area (Å²) in [6.07, 6.45) is 0. The minimum Gasteiger partial charge on any atom is -0.293 e. The summed E-state index contributed by atoms with van der Waals surface area (Å²) in [4.78, 5) is 14.3. The highest BCUT2D eigenvalue weighted by atomic mass is 35.5. The van der Waals surface area contributed by atoms with Crippen molar-refractivity contribution in [3.05, 3.63) is 69.7 Å². The van der Waals surface area contributed by atoms with E-state index in [1.54, 1.807) is 30.3 Å². The number of carbonyl (C=O) groups excluding carboxylic acids is 1. The Labute approximate surface area is 169 Å². The minimum atomic E-state index is -3.48. The molecular weight excluding hydrogens is 407 g/mol. The lowest BCUT2D eigenvalue weighted by molar-refractivity contribution is 0.0901. The highest BCUT2D eigenvalue weighted by Gasteiger charge is 2.28. The molecule has 0 bridgehead atoms. The summed E-state index contributed by atoms with van der Waals surface area (Å²) in [6, 6.07) is 13.9. The van der Waals surface area contributed by atoms with Crippen molar-refractivity contribution in [2.75, 3.05) is 32.7 Å². The van der Waals surface area contributed by atoms with Crippen LogP contribution in [-0.2, 0) is 15.8 Å². The first-order valence-electron chi connectivity index (χ1n) is 8.57. The molecule has 0 atom stereocenters. The average molecular weight is 427 g/mol. The lowest BCUT2D eigenvalue weighted by Crippen LogP contribution is -2.50. The first-order chi connectivity index (χ1) is 12.8. The molecule has 1 heterocycles. The second kappa shape index (κ2) is 8.71. The first-order valence-corrected chi connectivity index (χ1v) is 10.9. The van der Waals surface area contributed by atoms with E-state index in [4.69, 9.17) is 23.2 Å². The summed E-state index contributed by atoms with van der Waals surface area (Å²) in [5.41, 5.74) is 1.20. The fraction of sp³-hybridized carbons (Fsp3) is 0.316. The van der Waals surface area contributed by atoms with Crippen LogP contribution in [0.3, 0.4) is 0 Å². The van der Waals surface area contributed by atoms with Crippen LogP contribution in [0, 0.1) is 0 Å². The minimum absolute atomic E-state index is 0.0415. The molecule has 3 rings (SSSR count). The van der Waals surface area contributed by atoms with Gasteiger partial charge in [0.15, 0.2) is 5.78 Å². The quantitative estimate of drug-likeness (QED) is 0.664. The van der Waals surface area contributed by atoms with E-state index in [9.17, 15) is 13.2 Å². The normalized spacial score (nSPS) is 16.4. The molecule has 2 aromatic rings. The van der Waals surface area contributed by atoms with Crippen molar-refractivity contribution < 1.29 is 13.2 Å². The van der Waals surface area contributed by atoms with E-state index < -0.39 is 10.0 Å². The predicted octanol–water partition coefficient (Wildman–Crippen LogP) is 3.32. The van der Waals surface area contributed by atoms with E-state index in [-0.39, 0.29) is 11.5 Å². The maximum atomic E-state index is 12.7. The zero-order chi connectivity index (χ0) is 19.4. The number of hydrogen-bond donors (Lipinski definition) is 0. The number of carbonyl (C=O) groups is 1. The number of piperazine rings is 1. The van der Waals surface area contributed by atoms with Gasteiger partial charge in [0.25, 0.3) is 0 Å². The van der Waals surface area contributed by atoms with Crippen molar-refractivity contribution in [2.24, 2.45) is 0 Å². The summed E-state index contributed by atoms with van der Waals surface area (Å²) in [5.74, 6) is -0.119. The molecule has 2 aromatic carbocycles. The van der Waals surface area contributed by atoms with Crippen LogP contribution >= 0.6 is 23.2 Å². The van der Waals surface area contributed by atoms with E-state index in [1.807, 2.05) is 23.1 Å². The van der Waals surface area contributed by atoms with Gasteiger partial charge in [0.05, 0.1) is 12.3 Å². The number of nitrogens with zero attached hydrogens (tertiary/aromatic N) is 2. The molecule has 0 spiro atoms. The highest BCUT2D eigenvalue weighted by Crippen LogP contribution is 2.24. The predicted molar refractivity (Wildman–Crippen MR) is 108 cm³/mol. The lowest BCUT2D eigenvalue weighted by atomic mass is 10.1. The molecule has 0 saturated carbocycles. The summed E-state index contributed by atoms with van der Waals surface area (Å²) in [6.45, 7) is 2.05. The average Bonchev–Trinajstić information content (AvgIpc) is 2.65. The van der Waals surface area contributed by atoms with Gasteiger partial charge in [0, 0.05) is 41.8 Å². The fourth-order valence-electron chi connectivity index (χ4n) is 3.01. The Morgan fingerprint density at radius 2 is 1.63 bits per heavy atom. The molecule has 0 aromatic heterocycles. The lowest BCUT2D eigenvalue weighted by Gasteiger charge is -2.33. The Bertz CT molecular complexity index is 912. The summed E-state index contributed by atoms with van der Waals surface area (Å²) in [5, 5.41) is 0.816. The van der Waals surface area contributed by atoms with Crippen LogP contribution in [0.15, 0.2) is 48.5 Å². The molecule has 0 amide bonds. The Kier molecular flexibility index (Phi) is 6.55.